The highest BCUT2D eigenvalue weighted by atomic mass is 19.1. The molecule has 0 N–H and O–H groups in total. The number of halogens is 1. The zero-order chi connectivity index (χ0) is 20.9. The Morgan fingerprint density at radius 1 is 0.900 bits per heavy atom. The number of piperidine rings is 1. The fraction of sp³-hybridized carbons (Fsp3) is 0.200. The molecule has 0 aromatic heterocycles. The maximum atomic E-state index is 13.1. The van der Waals surface area contributed by atoms with Crippen molar-refractivity contribution in [1.82, 2.24) is 4.90 Å². The van der Waals surface area contributed by atoms with Crippen molar-refractivity contribution in [3.05, 3.63) is 89.7 Å². The normalized spacial score (nSPS) is 14.2. The molecule has 4 rings (SSSR count). The minimum absolute atomic E-state index is 0.232. The van der Waals surface area contributed by atoms with Crippen LogP contribution in [0.2, 0.25) is 0 Å². The number of likely N-dealkylation sites (tertiary alicyclic amines) is 1. The average molecular weight is 400 g/mol. The highest BCUT2D eigenvalue weighted by Gasteiger charge is 2.25. The van der Waals surface area contributed by atoms with Crippen molar-refractivity contribution in [2.45, 2.75) is 18.8 Å². The van der Waals surface area contributed by atoms with Crippen LogP contribution in [-0.4, -0.2) is 24.1 Å². The molecule has 4 nitrogen and oxygen atoms in total. The van der Waals surface area contributed by atoms with Crippen LogP contribution in [0.5, 0.6) is 5.75 Å². The molecule has 3 aromatic rings. The number of carbonyl (C=O) groups is 1. The van der Waals surface area contributed by atoms with Crippen LogP contribution < -0.4 is 4.74 Å². The van der Waals surface area contributed by atoms with Gasteiger partial charge in [-0.3, -0.25) is 0 Å². The average Bonchev–Trinajstić information content (AvgIpc) is 2.80. The largest absolute Gasteiger partial charge is 0.415 e. The SMILES string of the molecule is N#Cc1ccc(-c2ccc(OC(=O)N3CCC(c4ccc(F)cc4)CC3)cc2)cc1. The second kappa shape index (κ2) is 8.79. The van der Waals surface area contributed by atoms with Gasteiger partial charge in [-0.2, -0.15) is 5.26 Å². The summed E-state index contributed by atoms with van der Waals surface area (Å²) in [6.45, 7) is 1.23. The van der Waals surface area contributed by atoms with E-state index in [2.05, 4.69) is 6.07 Å². The van der Waals surface area contributed by atoms with Crippen LogP contribution in [0, 0.1) is 17.1 Å². The molecule has 0 spiro atoms. The van der Waals surface area contributed by atoms with Crippen LogP contribution in [0.4, 0.5) is 9.18 Å². The third-order valence-corrected chi connectivity index (χ3v) is 5.50. The molecule has 0 saturated carbocycles. The van der Waals surface area contributed by atoms with Gasteiger partial charge < -0.3 is 9.64 Å². The zero-order valence-electron chi connectivity index (χ0n) is 16.4. The van der Waals surface area contributed by atoms with Crippen LogP contribution in [0.1, 0.15) is 29.9 Å². The molecule has 0 radical (unpaired) electrons. The van der Waals surface area contributed by atoms with Crippen LogP contribution in [0.25, 0.3) is 11.1 Å². The first-order chi connectivity index (χ1) is 14.6. The standard InChI is InChI=1S/C25H21FN2O2/c26-23-9-5-20(6-10-23)22-13-15-28(16-14-22)25(29)30-24-11-7-21(8-12-24)19-3-1-18(17-27)2-4-19/h1-12,22H,13-16H2. The van der Waals surface area contributed by atoms with Crippen LogP contribution in [0.3, 0.4) is 0 Å². The van der Waals surface area contributed by atoms with E-state index in [1.165, 1.54) is 12.1 Å². The monoisotopic (exact) mass is 400 g/mol. The first kappa shape index (κ1) is 19.7. The van der Waals surface area contributed by atoms with Crippen molar-refractivity contribution in [3.63, 3.8) is 0 Å². The Morgan fingerprint density at radius 2 is 1.47 bits per heavy atom. The Bertz CT molecular complexity index is 1050. The van der Waals surface area contributed by atoms with E-state index in [4.69, 9.17) is 10.00 Å². The Morgan fingerprint density at radius 3 is 2.03 bits per heavy atom. The molecule has 0 aliphatic carbocycles. The van der Waals surface area contributed by atoms with Crippen molar-refractivity contribution in [1.29, 1.82) is 5.26 Å². The quantitative estimate of drug-likeness (QED) is 0.563. The highest BCUT2D eigenvalue weighted by molar-refractivity contribution is 5.72. The van der Waals surface area contributed by atoms with E-state index < -0.39 is 0 Å². The van der Waals surface area contributed by atoms with Gasteiger partial charge in [-0.15, -0.1) is 0 Å². The molecule has 5 heteroatoms. The molecular formula is C25H21FN2O2. The lowest BCUT2D eigenvalue weighted by Crippen LogP contribution is -2.39. The molecule has 1 saturated heterocycles. The summed E-state index contributed by atoms with van der Waals surface area (Å²) in [5.74, 6) is 0.601. The molecule has 1 heterocycles. The molecule has 30 heavy (non-hydrogen) atoms. The number of nitriles is 1. The molecule has 0 atom stereocenters. The lowest BCUT2D eigenvalue weighted by atomic mass is 9.89. The molecule has 1 aliphatic heterocycles. The smallest absolute Gasteiger partial charge is 0.410 e. The number of amides is 1. The predicted molar refractivity (Wildman–Crippen MR) is 113 cm³/mol. The number of ether oxygens (including phenoxy) is 1. The lowest BCUT2D eigenvalue weighted by Gasteiger charge is -2.31. The predicted octanol–water partition coefficient (Wildman–Crippen LogP) is 5.74. The van der Waals surface area contributed by atoms with Crippen LogP contribution >= 0.6 is 0 Å². The summed E-state index contributed by atoms with van der Waals surface area (Å²) in [5, 5.41) is 8.89. The van der Waals surface area contributed by atoms with Gasteiger partial charge in [-0.05, 0) is 71.8 Å². The second-order valence-corrected chi connectivity index (χ2v) is 7.39. The summed E-state index contributed by atoms with van der Waals surface area (Å²) in [5.41, 5.74) is 3.71. The van der Waals surface area contributed by atoms with Gasteiger partial charge in [0.1, 0.15) is 11.6 Å². The lowest BCUT2D eigenvalue weighted by molar-refractivity contribution is 0.138. The van der Waals surface area contributed by atoms with Gasteiger partial charge in [0, 0.05) is 13.1 Å². The zero-order valence-corrected chi connectivity index (χ0v) is 16.4. The topological polar surface area (TPSA) is 53.3 Å². The van der Waals surface area contributed by atoms with Gasteiger partial charge in [0.2, 0.25) is 0 Å². The second-order valence-electron chi connectivity index (χ2n) is 7.39. The maximum absolute atomic E-state index is 13.1. The van der Waals surface area contributed by atoms with E-state index in [0.717, 1.165) is 29.5 Å². The first-order valence-electron chi connectivity index (χ1n) is 9.95. The molecule has 150 valence electrons. The molecule has 1 fully saturated rings. The number of hydrogen-bond donors (Lipinski definition) is 0. The van der Waals surface area contributed by atoms with Gasteiger partial charge in [-0.1, -0.05) is 36.4 Å². The summed E-state index contributed by atoms with van der Waals surface area (Å²) in [6, 6.07) is 23.4. The Labute approximate surface area is 175 Å². The van der Waals surface area contributed by atoms with Crippen LogP contribution in [0.15, 0.2) is 72.8 Å². The van der Waals surface area contributed by atoms with Gasteiger partial charge in [0.15, 0.2) is 0 Å². The fourth-order valence-electron chi connectivity index (χ4n) is 3.75. The fourth-order valence-corrected chi connectivity index (χ4v) is 3.75. The van der Waals surface area contributed by atoms with Gasteiger partial charge in [0.25, 0.3) is 0 Å². The first-order valence-corrected chi connectivity index (χ1v) is 9.95. The van der Waals surface area contributed by atoms with E-state index in [-0.39, 0.29) is 11.9 Å². The maximum Gasteiger partial charge on any atom is 0.415 e. The third-order valence-electron chi connectivity index (χ3n) is 5.50. The van der Waals surface area contributed by atoms with E-state index >= 15 is 0 Å². The third kappa shape index (κ3) is 4.49. The minimum Gasteiger partial charge on any atom is -0.410 e. The number of carbonyl (C=O) groups excluding carboxylic acids is 1. The van der Waals surface area contributed by atoms with Crippen molar-refractivity contribution in [2.75, 3.05) is 13.1 Å². The molecule has 1 amide bonds. The summed E-state index contributed by atoms with van der Waals surface area (Å²) >= 11 is 0. The Hall–Kier alpha value is -3.65. The number of hydrogen-bond acceptors (Lipinski definition) is 3. The molecular weight excluding hydrogens is 379 g/mol. The molecule has 3 aromatic carbocycles. The van der Waals surface area contributed by atoms with Crippen molar-refractivity contribution in [2.24, 2.45) is 0 Å². The summed E-state index contributed by atoms with van der Waals surface area (Å²) < 4.78 is 18.6. The van der Waals surface area contributed by atoms with Crippen LogP contribution in [-0.2, 0) is 0 Å². The van der Waals surface area contributed by atoms with Gasteiger partial charge >= 0.3 is 6.09 Å². The van der Waals surface area contributed by atoms with E-state index in [9.17, 15) is 9.18 Å². The highest BCUT2D eigenvalue weighted by Crippen LogP contribution is 2.29. The minimum atomic E-state index is -0.348. The number of nitrogens with zero attached hydrogens (tertiary/aromatic N) is 2. The molecule has 0 bridgehead atoms. The van der Waals surface area contributed by atoms with Gasteiger partial charge in [-0.25, -0.2) is 9.18 Å². The van der Waals surface area contributed by atoms with E-state index in [0.29, 0.717) is 30.3 Å². The van der Waals surface area contributed by atoms with Gasteiger partial charge in [0.05, 0.1) is 11.6 Å². The summed E-state index contributed by atoms with van der Waals surface area (Å²) in [4.78, 5) is 14.2. The molecule has 1 aliphatic rings. The number of rotatable bonds is 3. The number of benzene rings is 3. The summed E-state index contributed by atoms with van der Waals surface area (Å²) in [7, 11) is 0. The molecule has 0 unspecified atom stereocenters. The summed E-state index contributed by atoms with van der Waals surface area (Å²) in [6.07, 6.45) is 1.31. The van der Waals surface area contributed by atoms with Crippen molar-refractivity contribution < 1.29 is 13.9 Å². The Kier molecular flexibility index (Phi) is 5.76. The van der Waals surface area contributed by atoms with Crippen molar-refractivity contribution in [3.8, 4) is 22.9 Å². The van der Waals surface area contributed by atoms with Crippen molar-refractivity contribution >= 4 is 6.09 Å². The Balaban J connectivity index is 1.33. The van der Waals surface area contributed by atoms with E-state index in [1.54, 1.807) is 29.2 Å². The van der Waals surface area contributed by atoms with E-state index in [1.807, 2.05) is 36.4 Å².